The Labute approximate surface area is 119 Å². The number of unbranched alkanes of at least 4 members (excludes halogenated alkanes) is 10. The second-order valence-corrected chi connectivity index (χ2v) is 5.76. The Balaban J connectivity index is 3.07. The van der Waals surface area contributed by atoms with Crippen molar-refractivity contribution < 1.29 is 4.79 Å². The Hall–Kier alpha value is -0.240. The fourth-order valence-corrected chi connectivity index (χ4v) is 2.27. The SMILES string of the molecule is CCCCCCCCCCCCCC(=S)C(C)=O. The van der Waals surface area contributed by atoms with Gasteiger partial charge in [-0.3, -0.25) is 4.79 Å². The van der Waals surface area contributed by atoms with Crippen LogP contribution in [0.15, 0.2) is 0 Å². The number of ketones is 1. The van der Waals surface area contributed by atoms with Crippen LogP contribution in [0, 0.1) is 0 Å². The summed E-state index contributed by atoms with van der Waals surface area (Å²) in [6.45, 7) is 3.83. The molecule has 0 radical (unpaired) electrons. The van der Waals surface area contributed by atoms with Gasteiger partial charge in [0.1, 0.15) is 0 Å². The Morgan fingerprint density at radius 1 is 0.778 bits per heavy atom. The number of carbonyl (C=O) groups is 1. The van der Waals surface area contributed by atoms with E-state index in [4.69, 9.17) is 12.2 Å². The van der Waals surface area contributed by atoms with E-state index in [-0.39, 0.29) is 5.78 Å². The third kappa shape index (κ3) is 12.2. The van der Waals surface area contributed by atoms with Crippen molar-refractivity contribution in [1.29, 1.82) is 0 Å². The molecule has 2 heteroatoms. The standard InChI is InChI=1S/C16H30OS/c1-3-4-5-6-7-8-9-10-11-12-13-14-16(18)15(2)17/h3-14H2,1-2H3. The van der Waals surface area contributed by atoms with Crippen molar-refractivity contribution in [2.45, 2.75) is 90.9 Å². The minimum absolute atomic E-state index is 0.0806. The van der Waals surface area contributed by atoms with Crippen LogP contribution >= 0.6 is 12.2 Å². The Morgan fingerprint density at radius 2 is 1.17 bits per heavy atom. The summed E-state index contributed by atoms with van der Waals surface area (Å²) in [6.07, 6.45) is 15.5. The first-order valence-corrected chi connectivity index (χ1v) is 8.13. The summed E-state index contributed by atoms with van der Waals surface area (Å²) >= 11 is 5.00. The molecule has 18 heavy (non-hydrogen) atoms. The largest absolute Gasteiger partial charge is 0.294 e. The molecule has 0 unspecified atom stereocenters. The van der Waals surface area contributed by atoms with Crippen molar-refractivity contribution in [2.24, 2.45) is 0 Å². The van der Waals surface area contributed by atoms with Crippen molar-refractivity contribution >= 4 is 22.9 Å². The molecule has 0 bridgehead atoms. The van der Waals surface area contributed by atoms with Gasteiger partial charge in [0.15, 0.2) is 5.78 Å². The van der Waals surface area contributed by atoms with Gasteiger partial charge in [-0.15, -0.1) is 0 Å². The van der Waals surface area contributed by atoms with E-state index in [0.717, 1.165) is 12.8 Å². The minimum Gasteiger partial charge on any atom is -0.294 e. The van der Waals surface area contributed by atoms with Gasteiger partial charge in [0.2, 0.25) is 0 Å². The number of hydrogen-bond donors (Lipinski definition) is 0. The topological polar surface area (TPSA) is 17.1 Å². The summed E-state index contributed by atoms with van der Waals surface area (Å²) in [4.78, 5) is 11.5. The monoisotopic (exact) mass is 270 g/mol. The quantitative estimate of drug-likeness (QED) is 0.318. The van der Waals surface area contributed by atoms with E-state index in [1.807, 2.05) is 0 Å². The van der Waals surface area contributed by atoms with E-state index in [1.54, 1.807) is 6.92 Å². The lowest BCUT2D eigenvalue weighted by molar-refractivity contribution is -0.111. The van der Waals surface area contributed by atoms with Crippen molar-refractivity contribution in [2.75, 3.05) is 0 Å². The summed E-state index contributed by atoms with van der Waals surface area (Å²) in [5.41, 5.74) is 0. The average Bonchev–Trinajstić information content (AvgIpc) is 2.35. The van der Waals surface area contributed by atoms with Crippen LogP contribution in [-0.4, -0.2) is 10.6 Å². The summed E-state index contributed by atoms with van der Waals surface area (Å²) in [7, 11) is 0. The first-order chi connectivity index (χ1) is 8.68. The van der Waals surface area contributed by atoms with Crippen molar-refractivity contribution in [3.05, 3.63) is 0 Å². The lowest BCUT2D eigenvalue weighted by Gasteiger charge is -2.02. The number of carbonyl (C=O) groups excluding carboxylic acids is 1. The molecule has 0 aromatic carbocycles. The molecule has 0 aliphatic rings. The number of Topliss-reactive ketones (excluding diaryl/α,β-unsaturated/α-hetero) is 1. The minimum atomic E-state index is 0.0806. The third-order valence-corrected chi connectivity index (χ3v) is 3.89. The number of rotatable bonds is 13. The molecule has 0 aliphatic carbocycles. The van der Waals surface area contributed by atoms with Gasteiger partial charge in [0.25, 0.3) is 0 Å². The van der Waals surface area contributed by atoms with Gasteiger partial charge < -0.3 is 0 Å². The van der Waals surface area contributed by atoms with E-state index >= 15 is 0 Å². The first-order valence-electron chi connectivity index (χ1n) is 7.72. The summed E-state index contributed by atoms with van der Waals surface area (Å²) in [6, 6.07) is 0. The highest BCUT2D eigenvalue weighted by Crippen LogP contribution is 2.12. The molecular weight excluding hydrogens is 240 g/mol. The maximum atomic E-state index is 10.9. The third-order valence-electron chi connectivity index (χ3n) is 3.40. The van der Waals surface area contributed by atoms with Crippen molar-refractivity contribution in [1.82, 2.24) is 0 Å². The molecule has 0 amide bonds. The van der Waals surface area contributed by atoms with Gasteiger partial charge in [0.05, 0.1) is 4.86 Å². The highest BCUT2D eigenvalue weighted by molar-refractivity contribution is 7.82. The van der Waals surface area contributed by atoms with Crippen LogP contribution in [0.5, 0.6) is 0 Å². The second kappa shape index (κ2) is 13.2. The fourth-order valence-electron chi connectivity index (χ4n) is 2.13. The zero-order valence-corrected chi connectivity index (χ0v) is 13.1. The van der Waals surface area contributed by atoms with Crippen LogP contribution in [0.4, 0.5) is 0 Å². The van der Waals surface area contributed by atoms with E-state index < -0.39 is 0 Å². The van der Waals surface area contributed by atoms with E-state index in [2.05, 4.69) is 6.92 Å². The fraction of sp³-hybridized carbons (Fsp3) is 0.875. The Bertz CT molecular complexity index is 223. The molecule has 0 rings (SSSR count). The first kappa shape index (κ1) is 17.8. The van der Waals surface area contributed by atoms with Crippen LogP contribution in [0.1, 0.15) is 90.9 Å². The van der Waals surface area contributed by atoms with Gasteiger partial charge in [-0.25, -0.2) is 0 Å². The van der Waals surface area contributed by atoms with Crippen molar-refractivity contribution in [3.63, 3.8) is 0 Å². The summed E-state index contributed by atoms with van der Waals surface area (Å²) in [5, 5.41) is 0. The maximum absolute atomic E-state index is 10.9. The van der Waals surface area contributed by atoms with E-state index in [0.29, 0.717) is 4.86 Å². The second-order valence-electron chi connectivity index (χ2n) is 5.26. The molecule has 1 nitrogen and oxygen atoms in total. The van der Waals surface area contributed by atoms with Crippen LogP contribution < -0.4 is 0 Å². The normalized spacial score (nSPS) is 10.6. The van der Waals surface area contributed by atoms with Gasteiger partial charge in [0, 0.05) is 0 Å². The van der Waals surface area contributed by atoms with Crippen molar-refractivity contribution in [3.8, 4) is 0 Å². The predicted octanol–water partition coefficient (Wildman–Crippen LogP) is 5.65. The van der Waals surface area contributed by atoms with Crippen LogP contribution in [0.2, 0.25) is 0 Å². The highest BCUT2D eigenvalue weighted by atomic mass is 32.1. The highest BCUT2D eigenvalue weighted by Gasteiger charge is 2.01. The lowest BCUT2D eigenvalue weighted by atomic mass is 10.0. The molecular formula is C16H30OS. The molecule has 0 heterocycles. The van der Waals surface area contributed by atoms with Gasteiger partial charge in [-0.1, -0.05) is 83.3 Å². The molecule has 0 spiro atoms. The van der Waals surface area contributed by atoms with Crippen LogP contribution in [0.3, 0.4) is 0 Å². The van der Waals surface area contributed by atoms with Crippen LogP contribution in [-0.2, 0) is 4.79 Å². The molecule has 0 saturated heterocycles. The van der Waals surface area contributed by atoms with E-state index in [1.165, 1.54) is 64.2 Å². The molecule has 0 fully saturated rings. The summed E-state index contributed by atoms with van der Waals surface area (Å²) < 4.78 is 0. The Kier molecular flexibility index (Phi) is 13.0. The molecule has 0 aromatic rings. The maximum Gasteiger partial charge on any atom is 0.166 e. The van der Waals surface area contributed by atoms with Crippen LogP contribution in [0.25, 0.3) is 0 Å². The van der Waals surface area contributed by atoms with Gasteiger partial charge in [-0.2, -0.15) is 0 Å². The Morgan fingerprint density at radius 3 is 1.56 bits per heavy atom. The number of thiocarbonyl (C=S) groups is 1. The predicted molar refractivity (Wildman–Crippen MR) is 84.4 cm³/mol. The molecule has 0 atom stereocenters. The van der Waals surface area contributed by atoms with E-state index in [9.17, 15) is 4.79 Å². The summed E-state index contributed by atoms with van der Waals surface area (Å²) in [5.74, 6) is 0.0806. The molecule has 106 valence electrons. The lowest BCUT2D eigenvalue weighted by Crippen LogP contribution is -2.05. The zero-order chi connectivity index (χ0) is 13.6. The average molecular weight is 270 g/mol. The van der Waals surface area contributed by atoms with Gasteiger partial charge >= 0.3 is 0 Å². The molecule has 0 saturated carbocycles. The number of hydrogen-bond acceptors (Lipinski definition) is 2. The molecule has 0 aromatic heterocycles. The molecule has 0 aliphatic heterocycles. The smallest absolute Gasteiger partial charge is 0.166 e. The zero-order valence-electron chi connectivity index (χ0n) is 12.3. The van der Waals surface area contributed by atoms with Gasteiger partial charge in [-0.05, 0) is 19.8 Å². The molecule has 0 N–H and O–H groups in total.